The normalized spacial score (nSPS) is 16.9. The molecule has 108 valence electrons. The molecule has 3 rings (SSSR count). The number of H-pyrrole nitrogens is 1. The minimum atomic E-state index is -0.918. The molecule has 2 aromatic rings. The first kappa shape index (κ1) is 13.4. The average molecular weight is 285 g/mol. The molecule has 1 aliphatic heterocycles. The molecule has 6 nitrogen and oxygen atoms in total. The van der Waals surface area contributed by atoms with E-state index in [1.807, 2.05) is 0 Å². The number of nitrogens with one attached hydrogen (secondary N) is 1. The van der Waals surface area contributed by atoms with Crippen LogP contribution in [0, 0.1) is 13.8 Å². The number of aliphatic carboxylic acids is 1. The van der Waals surface area contributed by atoms with Crippen LogP contribution in [0.15, 0.2) is 24.3 Å². The Morgan fingerprint density at radius 3 is 2.67 bits per heavy atom. The van der Waals surface area contributed by atoms with E-state index in [1.54, 1.807) is 38.1 Å². The van der Waals surface area contributed by atoms with Crippen LogP contribution >= 0.6 is 0 Å². The third-order valence-corrected chi connectivity index (χ3v) is 3.85. The molecule has 0 radical (unpaired) electrons. The number of para-hydroxylation sites is 1. The Labute approximate surface area is 121 Å². The first-order valence-electron chi connectivity index (χ1n) is 6.66. The number of carboxylic acids is 1. The maximum atomic E-state index is 12.8. The smallest absolute Gasteiger partial charge is 0.312 e. The quantitative estimate of drug-likeness (QED) is 0.881. The molecule has 1 amide bonds. The van der Waals surface area contributed by atoms with Crippen LogP contribution in [0.25, 0.3) is 0 Å². The summed E-state index contributed by atoms with van der Waals surface area (Å²) in [5, 5.41) is 16.2. The number of aromatic nitrogens is 2. The fourth-order valence-electron chi connectivity index (χ4n) is 2.81. The van der Waals surface area contributed by atoms with Crippen molar-refractivity contribution in [1.82, 2.24) is 10.2 Å². The molecule has 0 spiro atoms. The summed E-state index contributed by atoms with van der Waals surface area (Å²) in [6.07, 6.45) is 0. The fourth-order valence-corrected chi connectivity index (χ4v) is 2.81. The van der Waals surface area contributed by atoms with Crippen molar-refractivity contribution in [2.75, 3.05) is 11.4 Å². The van der Waals surface area contributed by atoms with E-state index in [9.17, 15) is 14.7 Å². The summed E-state index contributed by atoms with van der Waals surface area (Å²) in [6, 6.07) is 7.13. The summed E-state index contributed by atoms with van der Waals surface area (Å²) < 4.78 is 0. The van der Waals surface area contributed by atoms with Gasteiger partial charge in [0.15, 0.2) is 0 Å². The number of nitrogens with zero attached hydrogens (tertiary/aromatic N) is 2. The van der Waals surface area contributed by atoms with E-state index in [1.165, 1.54) is 4.90 Å². The second-order valence-electron chi connectivity index (χ2n) is 5.17. The van der Waals surface area contributed by atoms with Crippen LogP contribution in [0.3, 0.4) is 0 Å². The molecule has 2 heterocycles. The largest absolute Gasteiger partial charge is 0.481 e. The molecule has 1 atom stereocenters. The van der Waals surface area contributed by atoms with Crippen LogP contribution in [0.2, 0.25) is 0 Å². The van der Waals surface area contributed by atoms with Crippen molar-refractivity contribution in [1.29, 1.82) is 0 Å². The highest BCUT2D eigenvalue weighted by atomic mass is 16.4. The van der Waals surface area contributed by atoms with Crippen molar-refractivity contribution < 1.29 is 14.7 Å². The van der Waals surface area contributed by atoms with Crippen molar-refractivity contribution in [3.05, 3.63) is 46.8 Å². The van der Waals surface area contributed by atoms with Crippen LogP contribution in [0.5, 0.6) is 0 Å². The number of aryl methyl sites for hydroxylation is 2. The van der Waals surface area contributed by atoms with Gasteiger partial charge in [0, 0.05) is 17.9 Å². The summed E-state index contributed by atoms with van der Waals surface area (Å²) in [4.78, 5) is 25.7. The van der Waals surface area contributed by atoms with Gasteiger partial charge in [-0.25, -0.2) is 0 Å². The monoisotopic (exact) mass is 285 g/mol. The lowest BCUT2D eigenvalue weighted by atomic mass is 10.0. The lowest BCUT2D eigenvalue weighted by Gasteiger charge is -2.17. The van der Waals surface area contributed by atoms with Gasteiger partial charge in [0.2, 0.25) is 0 Å². The number of rotatable bonds is 2. The van der Waals surface area contributed by atoms with Gasteiger partial charge in [-0.05, 0) is 25.5 Å². The predicted molar refractivity (Wildman–Crippen MR) is 76.6 cm³/mol. The van der Waals surface area contributed by atoms with Crippen molar-refractivity contribution in [3.8, 4) is 0 Å². The molecular formula is C15H15N3O3. The number of hydrogen-bond donors (Lipinski definition) is 2. The van der Waals surface area contributed by atoms with Crippen LogP contribution in [-0.4, -0.2) is 33.7 Å². The first-order chi connectivity index (χ1) is 10.0. The number of fused-ring (bicyclic) bond motifs is 1. The molecule has 0 bridgehead atoms. The zero-order valence-electron chi connectivity index (χ0n) is 11.8. The molecular weight excluding hydrogens is 270 g/mol. The van der Waals surface area contributed by atoms with Crippen molar-refractivity contribution >= 4 is 17.6 Å². The van der Waals surface area contributed by atoms with Gasteiger partial charge in [-0.2, -0.15) is 5.10 Å². The number of aromatic amines is 1. The minimum absolute atomic E-state index is 0.150. The lowest BCUT2D eigenvalue weighted by molar-refractivity contribution is -0.138. The lowest BCUT2D eigenvalue weighted by Crippen LogP contribution is -2.31. The van der Waals surface area contributed by atoms with Gasteiger partial charge < -0.3 is 10.0 Å². The minimum Gasteiger partial charge on any atom is -0.481 e. The van der Waals surface area contributed by atoms with E-state index >= 15 is 0 Å². The highest BCUT2D eigenvalue weighted by Crippen LogP contribution is 2.37. The molecule has 1 aromatic heterocycles. The molecule has 1 aliphatic rings. The van der Waals surface area contributed by atoms with Gasteiger partial charge >= 0.3 is 5.97 Å². The molecule has 1 unspecified atom stereocenters. The Hall–Kier alpha value is -2.63. The number of anilines is 1. The predicted octanol–water partition coefficient (Wildman–Crippen LogP) is 1.86. The molecule has 21 heavy (non-hydrogen) atoms. The second kappa shape index (κ2) is 4.73. The summed E-state index contributed by atoms with van der Waals surface area (Å²) >= 11 is 0. The molecule has 6 heteroatoms. The van der Waals surface area contributed by atoms with E-state index in [-0.39, 0.29) is 12.5 Å². The number of carboxylic acid groups (broad SMARTS) is 1. The maximum Gasteiger partial charge on any atom is 0.312 e. The van der Waals surface area contributed by atoms with E-state index in [0.29, 0.717) is 28.2 Å². The summed E-state index contributed by atoms with van der Waals surface area (Å²) in [7, 11) is 0. The van der Waals surface area contributed by atoms with Gasteiger partial charge in [0.25, 0.3) is 5.91 Å². The van der Waals surface area contributed by atoms with Crippen molar-refractivity contribution in [2.24, 2.45) is 0 Å². The highest BCUT2D eigenvalue weighted by Gasteiger charge is 2.37. The van der Waals surface area contributed by atoms with Crippen LogP contribution in [-0.2, 0) is 4.79 Å². The number of amides is 1. The molecule has 0 aliphatic carbocycles. The van der Waals surface area contributed by atoms with E-state index < -0.39 is 11.9 Å². The third kappa shape index (κ3) is 1.99. The Morgan fingerprint density at radius 1 is 1.33 bits per heavy atom. The summed E-state index contributed by atoms with van der Waals surface area (Å²) in [5.41, 5.74) is 3.16. The topological polar surface area (TPSA) is 86.3 Å². The van der Waals surface area contributed by atoms with E-state index in [2.05, 4.69) is 10.2 Å². The second-order valence-corrected chi connectivity index (χ2v) is 5.17. The third-order valence-electron chi connectivity index (χ3n) is 3.85. The first-order valence-corrected chi connectivity index (χ1v) is 6.66. The van der Waals surface area contributed by atoms with Crippen LogP contribution in [0.1, 0.15) is 33.2 Å². The summed E-state index contributed by atoms with van der Waals surface area (Å²) in [5.74, 6) is -1.81. The van der Waals surface area contributed by atoms with Crippen LogP contribution in [0.4, 0.5) is 5.69 Å². The molecule has 0 fully saturated rings. The Balaban J connectivity index is 2.05. The SMILES string of the molecule is Cc1n[nH]c(C)c1C(=O)N1CC(C(=O)O)c2ccccc21. The Kier molecular flexibility index (Phi) is 3.01. The van der Waals surface area contributed by atoms with Gasteiger partial charge in [-0.15, -0.1) is 0 Å². The Bertz CT molecular complexity index is 716. The molecule has 0 saturated heterocycles. The van der Waals surface area contributed by atoms with E-state index in [0.717, 1.165) is 0 Å². The van der Waals surface area contributed by atoms with Gasteiger partial charge in [0.1, 0.15) is 5.92 Å². The zero-order valence-corrected chi connectivity index (χ0v) is 11.8. The summed E-state index contributed by atoms with van der Waals surface area (Å²) in [6.45, 7) is 3.69. The average Bonchev–Trinajstić information content (AvgIpc) is 2.99. The highest BCUT2D eigenvalue weighted by molar-refractivity contribution is 6.10. The van der Waals surface area contributed by atoms with Gasteiger partial charge in [-0.3, -0.25) is 14.7 Å². The molecule has 0 saturated carbocycles. The van der Waals surface area contributed by atoms with Crippen molar-refractivity contribution in [2.45, 2.75) is 19.8 Å². The number of hydrogen-bond acceptors (Lipinski definition) is 3. The maximum absolute atomic E-state index is 12.8. The van der Waals surface area contributed by atoms with E-state index in [4.69, 9.17) is 0 Å². The number of carbonyl (C=O) groups excluding carboxylic acids is 1. The Morgan fingerprint density at radius 2 is 2.05 bits per heavy atom. The van der Waals surface area contributed by atoms with Crippen molar-refractivity contribution in [3.63, 3.8) is 0 Å². The molecule has 2 N–H and O–H groups in total. The number of benzene rings is 1. The number of carbonyl (C=O) groups is 2. The zero-order chi connectivity index (χ0) is 15.1. The van der Waals surface area contributed by atoms with Crippen LogP contribution < -0.4 is 4.90 Å². The fraction of sp³-hybridized carbons (Fsp3) is 0.267. The molecule has 1 aromatic carbocycles. The standard InChI is InChI=1S/C15H15N3O3/c1-8-13(9(2)17-16-8)14(19)18-7-11(15(20)21)10-5-3-4-6-12(10)18/h3-6,11H,7H2,1-2H3,(H,16,17)(H,20,21). The van der Waals surface area contributed by atoms with Gasteiger partial charge in [0.05, 0.1) is 11.3 Å². The van der Waals surface area contributed by atoms with Gasteiger partial charge in [-0.1, -0.05) is 18.2 Å².